The third kappa shape index (κ3) is 9.61. The van der Waals surface area contributed by atoms with E-state index in [1.165, 1.54) is 12.1 Å². The summed E-state index contributed by atoms with van der Waals surface area (Å²) in [7, 11) is 0. The summed E-state index contributed by atoms with van der Waals surface area (Å²) in [6, 6.07) is 27.2. The zero-order chi connectivity index (χ0) is 31.7. The van der Waals surface area contributed by atoms with Crippen LogP contribution in [-0.2, 0) is 30.9 Å². The van der Waals surface area contributed by atoms with Crippen LogP contribution in [0.25, 0.3) is 11.1 Å². The number of hydrogen-bond donors (Lipinski definition) is 2. The average Bonchev–Trinajstić information content (AvgIpc) is 2.98. The highest BCUT2D eigenvalue weighted by Gasteiger charge is 2.40. The lowest BCUT2D eigenvalue weighted by molar-refractivity contribution is -0.158. The molecule has 4 aromatic rings. The first-order valence-corrected chi connectivity index (χ1v) is 14.7. The topological polar surface area (TPSA) is 59.6 Å². The smallest absolute Gasteiger partial charge is 0.407 e. The zero-order valence-corrected chi connectivity index (χ0v) is 25.5. The lowest BCUT2D eigenvalue weighted by atomic mass is 9.98. The normalized spacial score (nSPS) is 12.4. The number of alkyl halides is 3. The fraction of sp³-hybridized carbons (Fsp3) is 0.306. The molecule has 0 spiro atoms. The Bertz CT molecular complexity index is 1530. The Kier molecular flexibility index (Phi) is 10.7. The van der Waals surface area contributed by atoms with Crippen molar-refractivity contribution in [3.05, 3.63) is 125 Å². The van der Waals surface area contributed by atoms with Crippen LogP contribution in [-0.4, -0.2) is 17.9 Å². The molecule has 0 aliphatic carbocycles. The minimum absolute atomic E-state index is 0.00858. The van der Waals surface area contributed by atoms with E-state index in [1.54, 1.807) is 39.0 Å². The van der Waals surface area contributed by atoms with Gasteiger partial charge in [-0.2, -0.15) is 13.2 Å². The number of alkyl carbamates (subject to hydrolysis) is 1. The number of benzene rings is 4. The minimum Gasteiger partial charge on any atom is -0.489 e. The third-order valence-electron chi connectivity index (χ3n) is 6.87. The summed E-state index contributed by atoms with van der Waals surface area (Å²) < 4.78 is 53.7. The first kappa shape index (κ1) is 32.6. The van der Waals surface area contributed by atoms with Crippen molar-refractivity contribution in [2.75, 3.05) is 0 Å². The van der Waals surface area contributed by atoms with Crippen LogP contribution in [0.5, 0.6) is 5.75 Å². The number of amides is 1. The van der Waals surface area contributed by atoms with Crippen molar-refractivity contribution in [1.29, 1.82) is 0 Å². The first-order valence-electron chi connectivity index (χ1n) is 14.7. The summed E-state index contributed by atoms with van der Waals surface area (Å²) in [6.45, 7) is 7.96. The van der Waals surface area contributed by atoms with Crippen molar-refractivity contribution in [2.24, 2.45) is 0 Å². The Labute approximate surface area is 257 Å². The number of nitrogens with one attached hydrogen (secondary N) is 2. The van der Waals surface area contributed by atoms with Gasteiger partial charge in [0.25, 0.3) is 0 Å². The van der Waals surface area contributed by atoms with Crippen molar-refractivity contribution >= 4 is 6.09 Å². The van der Waals surface area contributed by atoms with Gasteiger partial charge in [0.15, 0.2) is 0 Å². The summed E-state index contributed by atoms with van der Waals surface area (Å²) in [4.78, 5) is 12.2. The predicted octanol–water partition coefficient (Wildman–Crippen LogP) is 8.91. The van der Waals surface area contributed by atoms with Crippen molar-refractivity contribution in [3.63, 3.8) is 0 Å². The van der Waals surface area contributed by atoms with Gasteiger partial charge >= 0.3 is 12.3 Å². The quantitative estimate of drug-likeness (QED) is 0.180. The van der Waals surface area contributed by atoms with Crippen LogP contribution < -0.4 is 15.4 Å². The highest BCUT2D eigenvalue weighted by Crippen LogP contribution is 2.33. The van der Waals surface area contributed by atoms with Gasteiger partial charge in [0, 0.05) is 13.1 Å². The molecule has 2 N–H and O–H groups in total. The van der Waals surface area contributed by atoms with Crippen LogP contribution in [0.3, 0.4) is 0 Å². The van der Waals surface area contributed by atoms with Gasteiger partial charge in [-0.1, -0.05) is 79.7 Å². The molecule has 5 nitrogen and oxygen atoms in total. The summed E-state index contributed by atoms with van der Waals surface area (Å²) in [5.74, 6) is 0.775. The molecule has 1 atom stereocenters. The highest BCUT2D eigenvalue weighted by atomic mass is 19.4. The predicted molar refractivity (Wildman–Crippen MR) is 167 cm³/mol. The summed E-state index contributed by atoms with van der Waals surface area (Å²) >= 11 is 0. The van der Waals surface area contributed by atoms with Crippen LogP contribution in [0, 0.1) is 0 Å². The minimum atomic E-state index is -4.47. The summed E-state index contributed by atoms with van der Waals surface area (Å²) in [5, 5.41) is 5.50. The van der Waals surface area contributed by atoms with Crippen LogP contribution in [0.15, 0.2) is 97.1 Å². The highest BCUT2D eigenvalue weighted by molar-refractivity contribution is 5.69. The van der Waals surface area contributed by atoms with E-state index in [4.69, 9.17) is 9.47 Å². The standard InChI is InChI=1S/C36H39F3N2O3/c1-5-28-13-9-10-17-32(28)43-24-27-18-26(23-40-33(36(37,38)39)29-14-7-6-8-15-29)20-31(21-27)30-16-11-12-25(19-30)22-41-34(42)44-35(2,3)4/h6-21,33,40H,5,22-24H2,1-4H3,(H,41,42). The lowest BCUT2D eigenvalue weighted by Gasteiger charge is -2.22. The molecule has 0 fully saturated rings. The van der Waals surface area contributed by atoms with Gasteiger partial charge in [-0.15, -0.1) is 0 Å². The maximum Gasteiger partial charge on any atom is 0.407 e. The molecule has 1 amide bonds. The molecule has 4 aromatic carbocycles. The van der Waals surface area contributed by atoms with Gasteiger partial charge in [0.05, 0.1) is 0 Å². The summed E-state index contributed by atoms with van der Waals surface area (Å²) in [5.41, 5.74) is 4.68. The number of para-hydroxylation sites is 1. The van der Waals surface area contributed by atoms with Crippen LogP contribution in [0.1, 0.15) is 61.6 Å². The van der Waals surface area contributed by atoms with E-state index in [1.807, 2.05) is 66.7 Å². The lowest BCUT2D eigenvalue weighted by Crippen LogP contribution is -2.33. The second-order valence-corrected chi connectivity index (χ2v) is 11.6. The SMILES string of the molecule is CCc1ccccc1OCc1cc(CNC(c2ccccc2)C(F)(F)F)cc(-c2cccc(CNC(=O)OC(C)(C)C)c2)c1. The van der Waals surface area contributed by atoms with Gasteiger partial charge in [-0.25, -0.2) is 4.79 Å². The van der Waals surface area contributed by atoms with Crippen molar-refractivity contribution in [1.82, 2.24) is 10.6 Å². The number of halogens is 3. The van der Waals surface area contributed by atoms with Gasteiger partial charge in [0.2, 0.25) is 0 Å². The average molecular weight is 605 g/mol. The molecule has 0 saturated heterocycles. The second kappa shape index (κ2) is 14.4. The van der Waals surface area contributed by atoms with E-state index in [0.717, 1.165) is 40.0 Å². The molecule has 4 rings (SSSR count). The molecular weight excluding hydrogens is 565 g/mol. The van der Waals surface area contributed by atoms with Gasteiger partial charge < -0.3 is 14.8 Å². The second-order valence-electron chi connectivity index (χ2n) is 11.6. The largest absolute Gasteiger partial charge is 0.489 e. The Morgan fingerprint density at radius 1 is 0.773 bits per heavy atom. The van der Waals surface area contributed by atoms with Crippen molar-refractivity contribution in [3.8, 4) is 16.9 Å². The fourth-order valence-corrected chi connectivity index (χ4v) is 4.85. The van der Waals surface area contributed by atoms with Crippen LogP contribution in [0.2, 0.25) is 0 Å². The maximum atomic E-state index is 14.1. The Balaban J connectivity index is 1.61. The number of aryl methyl sites for hydroxylation is 1. The van der Waals surface area contributed by atoms with E-state index in [-0.39, 0.29) is 25.3 Å². The van der Waals surface area contributed by atoms with E-state index < -0.39 is 23.9 Å². The molecule has 8 heteroatoms. The van der Waals surface area contributed by atoms with Crippen LogP contribution in [0.4, 0.5) is 18.0 Å². The number of carbonyl (C=O) groups excluding carboxylic acids is 1. The van der Waals surface area contributed by atoms with E-state index in [2.05, 4.69) is 17.6 Å². The van der Waals surface area contributed by atoms with Gasteiger partial charge in [0.1, 0.15) is 24.0 Å². The molecular formula is C36H39F3N2O3. The molecule has 0 bridgehead atoms. The number of carbonyl (C=O) groups is 1. The fourth-order valence-electron chi connectivity index (χ4n) is 4.85. The number of ether oxygens (including phenoxy) is 2. The van der Waals surface area contributed by atoms with E-state index in [0.29, 0.717) is 5.56 Å². The van der Waals surface area contributed by atoms with E-state index >= 15 is 0 Å². The van der Waals surface area contributed by atoms with Crippen LogP contribution >= 0.6 is 0 Å². The maximum absolute atomic E-state index is 14.1. The molecule has 0 aliphatic rings. The van der Waals surface area contributed by atoms with Gasteiger partial charge in [-0.3, -0.25) is 5.32 Å². The summed E-state index contributed by atoms with van der Waals surface area (Å²) in [6.07, 6.45) is -4.17. The molecule has 0 saturated carbocycles. The molecule has 0 radical (unpaired) electrons. The number of hydrogen-bond acceptors (Lipinski definition) is 4. The molecule has 0 aliphatic heterocycles. The Morgan fingerprint density at radius 3 is 2.16 bits per heavy atom. The molecule has 232 valence electrons. The van der Waals surface area contributed by atoms with Gasteiger partial charge in [-0.05, 0) is 90.4 Å². The molecule has 0 aromatic heterocycles. The Morgan fingerprint density at radius 2 is 1.45 bits per heavy atom. The van der Waals surface area contributed by atoms with Crippen molar-refractivity contribution < 1.29 is 27.4 Å². The molecule has 0 heterocycles. The monoisotopic (exact) mass is 604 g/mol. The molecule has 1 unspecified atom stereocenters. The Hall–Kier alpha value is -4.30. The molecule has 44 heavy (non-hydrogen) atoms. The third-order valence-corrected chi connectivity index (χ3v) is 6.87. The number of rotatable bonds is 11. The zero-order valence-electron chi connectivity index (χ0n) is 25.5. The van der Waals surface area contributed by atoms with Crippen molar-refractivity contribution in [2.45, 2.75) is 71.6 Å². The first-order chi connectivity index (χ1) is 20.9. The van der Waals surface area contributed by atoms with E-state index in [9.17, 15) is 18.0 Å².